The average molecular weight is 119 g/mol. The van der Waals surface area contributed by atoms with Crippen LogP contribution in [0.4, 0.5) is 0 Å². The predicted octanol–water partition coefficient (Wildman–Crippen LogP) is -0.219. The van der Waals surface area contributed by atoms with Crippen molar-refractivity contribution in [3.63, 3.8) is 0 Å². The summed E-state index contributed by atoms with van der Waals surface area (Å²) in [6.07, 6.45) is 0. The van der Waals surface area contributed by atoms with Gasteiger partial charge in [0, 0.05) is 0 Å². The topological polar surface area (TPSA) is 29.5 Å². The van der Waals surface area contributed by atoms with Crippen LogP contribution in [-0.2, 0) is 4.12 Å². The van der Waals surface area contributed by atoms with Crippen LogP contribution in [-0.4, -0.2) is 23.8 Å². The van der Waals surface area contributed by atoms with Crippen molar-refractivity contribution in [2.24, 2.45) is 0 Å². The highest BCUT2D eigenvalue weighted by Crippen LogP contribution is 1.75. The zero-order valence-corrected chi connectivity index (χ0v) is 5.86. The first-order valence-corrected chi connectivity index (χ1v) is 4.90. The summed E-state index contributed by atoms with van der Waals surface area (Å²) >= 11 is 0. The molecule has 0 unspecified atom stereocenters. The number of rotatable bonds is 2. The molecule has 0 bridgehead atoms. The SMILES string of the molecule is C[Si](C)O[Si]O. The summed E-state index contributed by atoms with van der Waals surface area (Å²) in [7, 11) is -0.940. The van der Waals surface area contributed by atoms with Crippen molar-refractivity contribution in [1.29, 1.82) is 0 Å². The number of hydrogen-bond donors (Lipinski definition) is 1. The van der Waals surface area contributed by atoms with Crippen molar-refractivity contribution < 1.29 is 8.91 Å². The maximum atomic E-state index is 8.07. The molecular weight excluding hydrogens is 112 g/mol. The third-order valence-corrected chi connectivity index (χ3v) is 2.25. The van der Waals surface area contributed by atoms with Gasteiger partial charge in [-0.2, -0.15) is 0 Å². The zero-order chi connectivity index (χ0) is 4.99. The van der Waals surface area contributed by atoms with E-state index in [1.807, 2.05) is 13.1 Å². The summed E-state index contributed by atoms with van der Waals surface area (Å²) in [5.74, 6) is 0. The number of hydrogen-bond acceptors (Lipinski definition) is 2. The summed E-state index contributed by atoms with van der Waals surface area (Å²) < 4.78 is 4.73. The van der Waals surface area contributed by atoms with Crippen LogP contribution in [0, 0.1) is 0 Å². The second-order valence-electron chi connectivity index (χ2n) is 1.10. The summed E-state index contributed by atoms with van der Waals surface area (Å²) in [5, 5.41) is 0. The van der Waals surface area contributed by atoms with E-state index in [0.717, 1.165) is 0 Å². The molecule has 0 aliphatic carbocycles. The highest BCUT2D eigenvalue weighted by atomic mass is 28.4. The molecular formula is C2H7O2Si2. The molecule has 3 radical (unpaired) electrons. The quantitative estimate of drug-likeness (QED) is 0.509. The van der Waals surface area contributed by atoms with Gasteiger partial charge in [-0.25, -0.2) is 0 Å². The molecule has 0 aliphatic heterocycles. The molecule has 0 heterocycles. The van der Waals surface area contributed by atoms with Gasteiger partial charge in [-0.05, 0) is 13.1 Å². The molecule has 0 aliphatic rings. The molecule has 4 heteroatoms. The standard InChI is InChI=1S/C2H7O2Si2/c1-6(2)4-5-3/h3H,1-2H3. The lowest BCUT2D eigenvalue weighted by atomic mass is 11.9. The molecule has 35 valence electrons. The first kappa shape index (κ1) is 6.35. The lowest BCUT2D eigenvalue weighted by Gasteiger charge is -1.94. The van der Waals surface area contributed by atoms with Gasteiger partial charge >= 0.3 is 10.0 Å². The molecule has 6 heavy (non-hydrogen) atoms. The smallest absolute Gasteiger partial charge is 0.418 e. The minimum Gasteiger partial charge on any atom is -0.434 e. The maximum absolute atomic E-state index is 8.07. The van der Waals surface area contributed by atoms with E-state index in [-0.39, 0.29) is 10.0 Å². The highest BCUT2D eigenvalue weighted by Gasteiger charge is 1.92. The van der Waals surface area contributed by atoms with Gasteiger partial charge in [-0.1, -0.05) is 0 Å². The molecule has 0 rings (SSSR count). The van der Waals surface area contributed by atoms with Gasteiger partial charge < -0.3 is 8.91 Å². The van der Waals surface area contributed by atoms with Crippen molar-refractivity contribution in [1.82, 2.24) is 0 Å². The van der Waals surface area contributed by atoms with Crippen LogP contribution >= 0.6 is 0 Å². The Morgan fingerprint density at radius 2 is 2.17 bits per heavy atom. The van der Waals surface area contributed by atoms with Crippen LogP contribution in [0.3, 0.4) is 0 Å². The Bertz CT molecular complexity index is 30.7. The van der Waals surface area contributed by atoms with Crippen molar-refractivity contribution >= 4 is 19.0 Å². The Morgan fingerprint density at radius 1 is 1.67 bits per heavy atom. The fourth-order valence-electron chi connectivity index (χ4n) is 0.0913. The monoisotopic (exact) mass is 119 g/mol. The Labute approximate surface area is 41.9 Å². The van der Waals surface area contributed by atoms with E-state index < -0.39 is 9.04 Å². The molecule has 0 aromatic carbocycles. The normalized spacial score (nSPS) is 10.0. The highest BCUT2D eigenvalue weighted by molar-refractivity contribution is 6.54. The van der Waals surface area contributed by atoms with Crippen LogP contribution in [0.15, 0.2) is 0 Å². The Balaban J connectivity index is 2.63. The Kier molecular flexibility index (Phi) is 3.75. The lowest BCUT2D eigenvalue weighted by Crippen LogP contribution is -2.10. The first-order valence-electron chi connectivity index (χ1n) is 1.63. The molecule has 0 amide bonds. The third kappa shape index (κ3) is 4.35. The summed E-state index contributed by atoms with van der Waals surface area (Å²) in [6.45, 7) is 3.96. The van der Waals surface area contributed by atoms with Crippen LogP contribution in [0.5, 0.6) is 0 Å². The lowest BCUT2D eigenvalue weighted by molar-refractivity contribution is 0.463. The molecule has 0 atom stereocenters. The minimum atomic E-state index is -0.623. The average Bonchev–Trinajstić information content (AvgIpc) is 1.35. The van der Waals surface area contributed by atoms with Crippen molar-refractivity contribution in [3.8, 4) is 0 Å². The fraction of sp³-hybridized carbons (Fsp3) is 1.00. The Hall–Kier alpha value is 0.354. The van der Waals surface area contributed by atoms with E-state index in [0.29, 0.717) is 0 Å². The van der Waals surface area contributed by atoms with Crippen LogP contribution in [0.25, 0.3) is 0 Å². The van der Waals surface area contributed by atoms with Crippen LogP contribution < -0.4 is 0 Å². The maximum Gasteiger partial charge on any atom is 0.418 e. The van der Waals surface area contributed by atoms with Gasteiger partial charge in [0.15, 0.2) is 9.04 Å². The van der Waals surface area contributed by atoms with Crippen molar-refractivity contribution in [3.05, 3.63) is 0 Å². The second-order valence-corrected chi connectivity index (χ2v) is 3.92. The first-order chi connectivity index (χ1) is 2.77. The van der Waals surface area contributed by atoms with E-state index in [2.05, 4.69) is 0 Å². The molecule has 0 saturated heterocycles. The van der Waals surface area contributed by atoms with Crippen LogP contribution in [0.2, 0.25) is 13.1 Å². The van der Waals surface area contributed by atoms with Gasteiger partial charge in [-0.3, -0.25) is 0 Å². The van der Waals surface area contributed by atoms with Crippen LogP contribution in [0.1, 0.15) is 0 Å². The summed E-state index contributed by atoms with van der Waals surface area (Å²) in [5.41, 5.74) is 0. The second kappa shape index (κ2) is 3.54. The van der Waals surface area contributed by atoms with Gasteiger partial charge in [0.25, 0.3) is 0 Å². The van der Waals surface area contributed by atoms with Crippen molar-refractivity contribution in [2.75, 3.05) is 0 Å². The minimum absolute atomic E-state index is 0.317. The molecule has 0 aromatic rings. The molecule has 0 saturated carbocycles. The Morgan fingerprint density at radius 3 is 2.17 bits per heavy atom. The van der Waals surface area contributed by atoms with Gasteiger partial charge in [0.05, 0.1) is 0 Å². The largest absolute Gasteiger partial charge is 0.434 e. The molecule has 1 N–H and O–H groups in total. The predicted molar refractivity (Wildman–Crippen MR) is 26.5 cm³/mol. The zero-order valence-electron chi connectivity index (χ0n) is 3.86. The molecule has 0 fully saturated rings. The molecule has 0 aromatic heterocycles. The van der Waals surface area contributed by atoms with Gasteiger partial charge in [0.2, 0.25) is 0 Å². The molecule has 0 spiro atoms. The van der Waals surface area contributed by atoms with Crippen molar-refractivity contribution in [2.45, 2.75) is 13.1 Å². The van der Waals surface area contributed by atoms with Gasteiger partial charge in [-0.15, -0.1) is 0 Å². The summed E-state index contributed by atoms with van der Waals surface area (Å²) in [6, 6.07) is 0. The van der Waals surface area contributed by atoms with E-state index >= 15 is 0 Å². The van der Waals surface area contributed by atoms with E-state index in [4.69, 9.17) is 8.91 Å². The van der Waals surface area contributed by atoms with E-state index in [9.17, 15) is 0 Å². The van der Waals surface area contributed by atoms with Gasteiger partial charge in [0.1, 0.15) is 0 Å². The summed E-state index contributed by atoms with van der Waals surface area (Å²) in [4.78, 5) is 8.07. The fourth-order valence-corrected chi connectivity index (χ4v) is 0.822. The third-order valence-electron chi connectivity index (χ3n) is 0.250. The molecule has 2 nitrogen and oxygen atoms in total. The van der Waals surface area contributed by atoms with E-state index in [1.54, 1.807) is 0 Å². The van der Waals surface area contributed by atoms with E-state index in [1.165, 1.54) is 0 Å².